The highest BCUT2D eigenvalue weighted by Crippen LogP contribution is 2.28. The molecule has 0 spiro atoms. The zero-order valence-corrected chi connectivity index (χ0v) is 13.7. The van der Waals surface area contributed by atoms with Crippen molar-refractivity contribution in [1.82, 2.24) is 9.88 Å². The molecule has 0 radical (unpaired) electrons. The highest BCUT2D eigenvalue weighted by molar-refractivity contribution is 6.50. The van der Waals surface area contributed by atoms with Crippen LogP contribution in [-0.4, -0.2) is 45.0 Å². The van der Waals surface area contributed by atoms with Crippen LogP contribution in [0.2, 0.25) is 0 Å². The second kappa shape index (κ2) is 5.62. The predicted octanol–water partition coefficient (Wildman–Crippen LogP) is 1.90. The van der Waals surface area contributed by atoms with Gasteiger partial charge in [-0.3, -0.25) is 4.90 Å². The second-order valence-electron chi connectivity index (χ2n) is 6.40. The largest absolute Gasteiger partial charge is 0.408 e. The predicted molar refractivity (Wildman–Crippen MR) is 74.0 cm³/mol. The Labute approximate surface area is 103 Å². The zero-order valence-electron chi connectivity index (χ0n) is 12.5. The van der Waals surface area contributed by atoms with E-state index in [1.54, 1.807) is 0 Å². The molecule has 0 aromatic heterocycles. The van der Waals surface area contributed by atoms with Gasteiger partial charge in [0.1, 0.15) is 0 Å². The average molecular weight is 246 g/mol. The minimum absolute atomic E-state index is 0.151. The summed E-state index contributed by atoms with van der Waals surface area (Å²) in [5.41, 5.74) is 0.756. The number of nitrogens with zero attached hydrogens (tertiary/aromatic N) is 1. The smallest absolute Gasteiger partial charge is 0.268 e. The first-order chi connectivity index (χ1) is 7.05. The lowest BCUT2D eigenvalue weighted by Gasteiger charge is -2.50. The van der Waals surface area contributed by atoms with Crippen LogP contribution in [0.3, 0.4) is 0 Å². The fourth-order valence-electron chi connectivity index (χ4n) is 2.92. The molecule has 0 rings (SSSR count). The summed E-state index contributed by atoms with van der Waals surface area (Å²) in [7, 11) is 2.45. The van der Waals surface area contributed by atoms with E-state index in [0.717, 1.165) is 0 Å². The Bertz CT molecular complexity index is 190. The molecule has 0 heterocycles. The quantitative estimate of drug-likeness (QED) is 0.767. The lowest BCUT2D eigenvalue weighted by Crippen LogP contribution is -2.64. The third kappa shape index (κ3) is 4.16. The topological polar surface area (TPSA) is 24.5 Å². The molecule has 0 aliphatic rings. The average Bonchev–Trinajstić information content (AvgIpc) is 2.00. The third-order valence-corrected chi connectivity index (χ3v) is 5.08. The van der Waals surface area contributed by atoms with Crippen LogP contribution in [0.15, 0.2) is 0 Å². The van der Waals surface area contributed by atoms with Gasteiger partial charge in [-0.25, -0.2) is 0 Å². The van der Waals surface area contributed by atoms with Gasteiger partial charge in [0.2, 0.25) is 0 Å². The van der Waals surface area contributed by atoms with Gasteiger partial charge in [0.25, 0.3) is 9.20 Å². The molecule has 0 saturated carbocycles. The monoisotopic (exact) mass is 246 g/mol. The summed E-state index contributed by atoms with van der Waals surface area (Å²) in [6.07, 6.45) is 0. The Kier molecular flexibility index (Phi) is 5.66. The molecule has 0 aromatic carbocycles. The standard InChI is InChI=1S/C12H30N2OSi/c1-10(16(13-8)15-9)14(11(2,3)4)12(5,6)7/h10,13,16H,1-9H3. The molecular weight excluding hydrogens is 216 g/mol. The fraction of sp³-hybridized carbons (Fsp3) is 1.00. The minimum atomic E-state index is -1.37. The molecule has 0 fully saturated rings. The maximum atomic E-state index is 5.62. The van der Waals surface area contributed by atoms with Crippen molar-refractivity contribution in [2.24, 2.45) is 0 Å². The van der Waals surface area contributed by atoms with Crippen molar-refractivity contribution in [3.63, 3.8) is 0 Å². The summed E-state index contributed by atoms with van der Waals surface area (Å²) in [6.45, 7) is 15.9. The van der Waals surface area contributed by atoms with E-state index >= 15 is 0 Å². The first-order valence-electron chi connectivity index (χ1n) is 6.05. The highest BCUT2D eigenvalue weighted by Gasteiger charge is 2.39. The van der Waals surface area contributed by atoms with Crippen molar-refractivity contribution in [2.45, 2.75) is 65.2 Å². The van der Waals surface area contributed by atoms with Crippen LogP contribution in [0, 0.1) is 0 Å². The summed E-state index contributed by atoms with van der Waals surface area (Å²) in [4.78, 5) is 5.90. The van der Waals surface area contributed by atoms with E-state index < -0.39 is 9.20 Å². The van der Waals surface area contributed by atoms with Gasteiger partial charge in [-0.1, -0.05) is 0 Å². The molecule has 98 valence electrons. The number of hydrogen-bond donors (Lipinski definition) is 1. The van der Waals surface area contributed by atoms with Crippen molar-refractivity contribution in [3.05, 3.63) is 0 Å². The van der Waals surface area contributed by atoms with E-state index in [1.807, 2.05) is 14.2 Å². The molecule has 0 aromatic rings. The lowest BCUT2D eigenvalue weighted by molar-refractivity contribution is 0.0210. The molecule has 0 saturated heterocycles. The summed E-state index contributed by atoms with van der Waals surface area (Å²) in [5, 5.41) is 0. The van der Waals surface area contributed by atoms with Crippen LogP contribution in [0.5, 0.6) is 0 Å². The normalized spacial score (nSPS) is 17.6. The first-order valence-corrected chi connectivity index (χ1v) is 7.76. The van der Waals surface area contributed by atoms with Crippen LogP contribution >= 0.6 is 0 Å². The Morgan fingerprint density at radius 2 is 1.44 bits per heavy atom. The van der Waals surface area contributed by atoms with Crippen molar-refractivity contribution < 1.29 is 4.43 Å². The molecule has 4 heteroatoms. The van der Waals surface area contributed by atoms with Gasteiger partial charge in [0, 0.05) is 23.9 Å². The van der Waals surface area contributed by atoms with Gasteiger partial charge in [0.05, 0.1) is 0 Å². The molecular formula is C12H30N2OSi. The van der Waals surface area contributed by atoms with Crippen molar-refractivity contribution >= 4 is 9.20 Å². The zero-order chi connectivity index (χ0) is 13.1. The highest BCUT2D eigenvalue weighted by atomic mass is 28.3. The van der Waals surface area contributed by atoms with E-state index in [1.165, 1.54) is 0 Å². The third-order valence-electron chi connectivity index (χ3n) is 2.83. The van der Waals surface area contributed by atoms with Gasteiger partial charge in [-0.05, 0) is 55.5 Å². The lowest BCUT2D eigenvalue weighted by atomic mass is 9.96. The van der Waals surface area contributed by atoms with Crippen LogP contribution in [0.4, 0.5) is 0 Å². The number of nitrogens with one attached hydrogen (secondary N) is 1. The molecule has 1 N–H and O–H groups in total. The minimum Gasteiger partial charge on any atom is -0.408 e. The van der Waals surface area contributed by atoms with Crippen LogP contribution in [0.1, 0.15) is 48.5 Å². The van der Waals surface area contributed by atoms with Gasteiger partial charge < -0.3 is 9.41 Å². The van der Waals surface area contributed by atoms with Crippen molar-refractivity contribution in [3.8, 4) is 0 Å². The molecule has 0 amide bonds. The molecule has 16 heavy (non-hydrogen) atoms. The van der Waals surface area contributed by atoms with E-state index in [0.29, 0.717) is 5.67 Å². The van der Waals surface area contributed by atoms with E-state index in [2.05, 4.69) is 58.3 Å². The maximum Gasteiger partial charge on any atom is 0.268 e. The van der Waals surface area contributed by atoms with Crippen LogP contribution in [-0.2, 0) is 4.43 Å². The van der Waals surface area contributed by atoms with Crippen molar-refractivity contribution in [1.29, 1.82) is 0 Å². The van der Waals surface area contributed by atoms with Gasteiger partial charge in [-0.15, -0.1) is 0 Å². The van der Waals surface area contributed by atoms with E-state index in [4.69, 9.17) is 4.43 Å². The first kappa shape index (κ1) is 16.1. The molecule has 2 atom stereocenters. The van der Waals surface area contributed by atoms with Crippen LogP contribution < -0.4 is 4.98 Å². The Morgan fingerprint density at radius 3 is 1.62 bits per heavy atom. The Hall–Kier alpha value is 0.0969. The van der Waals surface area contributed by atoms with Crippen molar-refractivity contribution in [2.75, 3.05) is 14.2 Å². The molecule has 2 unspecified atom stereocenters. The van der Waals surface area contributed by atoms with E-state index in [-0.39, 0.29) is 11.1 Å². The summed E-state index contributed by atoms with van der Waals surface area (Å²) >= 11 is 0. The number of rotatable bonds is 4. The fourth-order valence-corrected chi connectivity index (χ4v) is 5.20. The Balaban J connectivity index is 5.06. The van der Waals surface area contributed by atoms with E-state index in [9.17, 15) is 0 Å². The summed E-state index contributed by atoms with van der Waals surface area (Å²) in [5.74, 6) is 0. The summed E-state index contributed by atoms with van der Waals surface area (Å²) in [6, 6.07) is 0. The second-order valence-corrected chi connectivity index (χ2v) is 9.25. The molecule has 0 aliphatic carbocycles. The summed E-state index contributed by atoms with van der Waals surface area (Å²) < 4.78 is 5.62. The number of hydrogen-bond acceptors (Lipinski definition) is 3. The Morgan fingerprint density at radius 1 is 1.06 bits per heavy atom. The van der Waals surface area contributed by atoms with Crippen LogP contribution in [0.25, 0.3) is 0 Å². The van der Waals surface area contributed by atoms with Gasteiger partial charge in [0.15, 0.2) is 0 Å². The van der Waals surface area contributed by atoms with Gasteiger partial charge in [-0.2, -0.15) is 0 Å². The molecule has 0 bridgehead atoms. The molecule has 0 aliphatic heterocycles. The van der Waals surface area contributed by atoms with Gasteiger partial charge >= 0.3 is 0 Å². The SMILES string of the molecule is CN[SiH](OC)C(C)N(C(C)(C)C)C(C)(C)C. The maximum absolute atomic E-state index is 5.62. The molecule has 3 nitrogen and oxygen atoms in total.